The molecule has 0 aromatic heterocycles. The second-order valence-electron chi connectivity index (χ2n) is 3.55. The van der Waals surface area contributed by atoms with Crippen LogP contribution in [-0.2, 0) is 10.0 Å². The van der Waals surface area contributed by atoms with Crippen LogP contribution in [0.15, 0.2) is 21.5 Å². The van der Waals surface area contributed by atoms with Gasteiger partial charge in [0.05, 0.1) is 5.02 Å². The number of rotatable bonds is 6. The van der Waals surface area contributed by atoms with Crippen LogP contribution in [0.2, 0.25) is 5.02 Å². The summed E-state index contributed by atoms with van der Waals surface area (Å²) < 4.78 is 39.5. The van der Waals surface area contributed by atoms with E-state index in [4.69, 9.17) is 11.6 Å². The van der Waals surface area contributed by atoms with Crippen LogP contribution in [0.1, 0.15) is 6.42 Å². The third-order valence-corrected chi connectivity index (χ3v) is 4.99. The Morgan fingerprint density at radius 1 is 1.39 bits per heavy atom. The van der Waals surface area contributed by atoms with Crippen LogP contribution in [0, 0.1) is 5.82 Å². The predicted molar refractivity (Wildman–Crippen MR) is 72.8 cm³/mol. The van der Waals surface area contributed by atoms with Crippen LogP contribution in [-0.4, -0.2) is 28.6 Å². The van der Waals surface area contributed by atoms with E-state index in [1.54, 1.807) is 7.05 Å². The molecule has 2 N–H and O–H groups in total. The molecule has 0 fully saturated rings. The van der Waals surface area contributed by atoms with Crippen molar-refractivity contribution in [3.63, 3.8) is 0 Å². The molecule has 0 radical (unpaired) electrons. The molecule has 0 amide bonds. The quantitative estimate of drug-likeness (QED) is 0.765. The molecule has 0 aliphatic heterocycles. The van der Waals surface area contributed by atoms with E-state index in [0.29, 0.717) is 13.0 Å². The summed E-state index contributed by atoms with van der Waals surface area (Å²) in [5.74, 6) is -0.596. The molecular weight excluding hydrogens is 347 g/mol. The fraction of sp³-hybridized carbons (Fsp3) is 0.400. The molecule has 0 aliphatic rings. The molecule has 0 saturated heterocycles. The Balaban J connectivity index is 2.92. The number of hydrogen-bond donors (Lipinski definition) is 2. The number of hydrogen-bond acceptors (Lipinski definition) is 3. The van der Waals surface area contributed by atoms with Crippen molar-refractivity contribution < 1.29 is 12.8 Å². The minimum atomic E-state index is -3.74. The largest absolute Gasteiger partial charge is 0.320 e. The fourth-order valence-electron chi connectivity index (χ4n) is 1.33. The third kappa shape index (κ3) is 4.17. The van der Waals surface area contributed by atoms with Gasteiger partial charge in [0.25, 0.3) is 0 Å². The number of benzene rings is 1. The van der Waals surface area contributed by atoms with E-state index in [9.17, 15) is 12.8 Å². The summed E-state index contributed by atoms with van der Waals surface area (Å²) in [5, 5.41) is 2.75. The minimum Gasteiger partial charge on any atom is -0.320 e. The molecule has 0 bridgehead atoms. The highest BCUT2D eigenvalue weighted by atomic mass is 79.9. The van der Waals surface area contributed by atoms with E-state index >= 15 is 0 Å². The second-order valence-corrected chi connectivity index (χ2v) is 6.52. The Hall–Kier alpha value is -0.210. The molecule has 1 aromatic carbocycles. The van der Waals surface area contributed by atoms with Gasteiger partial charge in [0.15, 0.2) is 0 Å². The Bertz CT molecular complexity index is 502. The molecule has 8 heteroatoms. The summed E-state index contributed by atoms with van der Waals surface area (Å²) in [7, 11) is -1.96. The van der Waals surface area contributed by atoms with E-state index in [2.05, 4.69) is 26.0 Å². The van der Waals surface area contributed by atoms with Gasteiger partial charge in [0.2, 0.25) is 10.0 Å². The summed E-state index contributed by atoms with van der Waals surface area (Å²) in [6.07, 6.45) is 0.645. The van der Waals surface area contributed by atoms with Gasteiger partial charge >= 0.3 is 0 Å². The first-order valence-corrected chi connectivity index (χ1v) is 7.82. The van der Waals surface area contributed by atoms with Gasteiger partial charge in [-0.05, 0) is 48.1 Å². The smallest absolute Gasteiger partial charge is 0.243 e. The maximum atomic E-state index is 13.0. The van der Waals surface area contributed by atoms with Crippen LogP contribution in [0.3, 0.4) is 0 Å². The van der Waals surface area contributed by atoms with Gasteiger partial charge in [0.1, 0.15) is 10.7 Å². The van der Waals surface area contributed by atoms with Crippen molar-refractivity contribution in [1.82, 2.24) is 10.0 Å². The first-order chi connectivity index (χ1) is 8.38. The Morgan fingerprint density at radius 2 is 2.06 bits per heavy atom. The van der Waals surface area contributed by atoms with E-state index in [1.165, 1.54) is 0 Å². The SMILES string of the molecule is CNCCCNS(=O)(=O)c1c(Cl)cc(F)cc1Br. The van der Waals surface area contributed by atoms with Crippen molar-refractivity contribution in [2.75, 3.05) is 20.1 Å². The van der Waals surface area contributed by atoms with Crippen molar-refractivity contribution in [3.8, 4) is 0 Å². The van der Waals surface area contributed by atoms with Gasteiger partial charge in [-0.2, -0.15) is 0 Å². The Morgan fingerprint density at radius 3 is 2.61 bits per heavy atom. The van der Waals surface area contributed by atoms with Crippen molar-refractivity contribution in [2.24, 2.45) is 0 Å². The molecule has 1 rings (SSSR count). The Kier molecular flexibility index (Phi) is 6.00. The molecule has 102 valence electrons. The molecular formula is C10H13BrClFN2O2S. The van der Waals surface area contributed by atoms with Gasteiger partial charge in [0, 0.05) is 11.0 Å². The molecule has 18 heavy (non-hydrogen) atoms. The standard InChI is InChI=1S/C10H13BrClFN2O2S/c1-14-3-2-4-15-18(16,17)10-8(11)5-7(13)6-9(10)12/h5-6,14-15H,2-4H2,1H3. The van der Waals surface area contributed by atoms with Crippen LogP contribution in [0.5, 0.6) is 0 Å². The van der Waals surface area contributed by atoms with E-state index in [-0.39, 0.29) is 20.9 Å². The lowest BCUT2D eigenvalue weighted by atomic mass is 10.3. The highest BCUT2D eigenvalue weighted by molar-refractivity contribution is 9.10. The second kappa shape index (κ2) is 6.81. The molecule has 0 aliphatic carbocycles. The lowest BCUT2D eigenvalue weighted by Crippen LogP contribution is -2.27. The molecule has 1 aromatic rings. The normalized spacial score (nSPS) is 11.8. The summed E-state index contributed by atoms with van der Waals surface area (Å²) in [5.41, 5.74) is 0. The summed E-state index contributed by atoms with van der Waals surface area (Å²) in [6.45, 7) is 0.976. The molecule has 0 atom stereocenters. The number of halogens is 3. The zero-order chi connectivity index (χ0) is 13.8. The summed E-state index contributed by atoms with van der Waals surface area (Å²) >= 11 is 8.76. The van der Waals surface area contributed by atoms with Crippen LogP contribution < -0.4 is 10.0 Å². The minimum absolute atomic E-state index is 0.105. The van der Waals surface area contributed by atoms with E-state index < -0.39 is 15.8 Å². The zero-order valence-electron chi connectivity index (χ0n) is 9.63. The summed E-state index contributed by atoms with van der Waals surface area (Å²) in [4.78, 5) is -0.143. The predicted octanol–water partition coefficient (Wildman–Crippen LogP) is 2.13. The maximum absolute atomic E-state index is 13.0. The maximum Gasteiger partial charge on any atom is 0.243 e. The first-order valence-electron chi connectivity index (χ1n) is 5.17. The average Bonchev–Trinajstić information content (AvgIpc) is 2.22. The van der Waals surface area contributed by atoms with E-state index in [1.807, 2.05) is 0 Å². The van der Waals surface area contributed by atoms with Crippen LogP contribution in [0.4, 0.5) is 4.39 Å². The molecule has 0 saturated carbocycles. The van der Waals surface area contributed by atoms with Crippen molar-refractivity contribution >= 4 is 37.6 Å². The fourth-order valence-corrected chi connectivity index (χ4v) is 4.21. The average molecular weight is 360 g/mol. The first kappa shape index (κ1) is 15.8. The molecule has 0 spiro atoms. The lowest BCUT2D eigenvalue weighted by Gasteiger charge is -2.10. The van der Waals surface area contributed by atoms with Gasteiger partial charge in [-0.15, -0.1) is 0 Å². The van der Waals surface area contributed by atoms with Crippen molar-refractivity contribution in [1.29, 1.82) is 0 Å². The highest BCUT2D eigenvalue weighted by Crippen LogP contribution is 2.30. The molecule has 0 heterocycles. The van der Waals surface area contributed by atoms with Gasteiger partial charge < -0.3 is 5.32 Å². The topological polar surface area (TPSA) is 58.2 Å². The van der Waals surface area contributed by atoms with Gasteiger partial charge in [-0.25, -0.2) is 17.5 Å². The number of nitrogens with one attached hydrogen (secondary N) is 2. The Labute approximate surface area is 119 Å². The van der Waals surface area contributed by atoms with Gasteiger partial charge in [-0.1, -0.05) is 11.6 Å². The molecule has 0 unspecified atom stereocenters. The van der Waals surface area contributed by atoms with Crippen LogP contribution >= 0.6 is 27.5 Å². The van der Waals surface area contributed by atoms with Crippen LogP contribution in [0.25, 0.3) is 0 Å². The van der Waals surface area contributed by atoms with Crippen molar-refractivity contribution in [3.05, 3.63) is 27.4 Å². The summed E-state index contributed by atoms with van der Waals surface area (Å²) in [6, 6.07) is 2.03. The van der Waals surface area contributed by atoms with E-state index in [0.717, 1.165) is 12.1 Å². The van der Waals surface area contributed by atoms with Crippen molar-refractivity contribution in [2.45, 2.75) is 11.3 Å². The third-order valence-electron chi connectivity index (χ3n) is 2.13. The zero-order valence-corrected chi connectivity index (χ0v) is 12.8. The molecule has 4 nitrogen and oxygen atoms in total. The lowest BCUT2D eigenvalue weighted by molar-refractivity contribution is 0.576. The highest BCUT2D eigenvalue weighted by Gasteiger charge is 2.21. The number of sulfonamides is 1. The monoisotopic (exact) mass is 358 g/mol. The van der Waals surface area contributed by atoms with Gasteiger partial charge in [-0.3, -0.25) is 0 Å².